The Morgan fingerprint density at radius 2 is 2.15 bits per heavy atom. The van der Waals surface area contributed by atoms with Crippen molar-refractivity contribution >= 4 is 21.7 Å². The lowest BCUT2D eigenvalue weighted by Gasteiger charge is -2.13. The van der Waals surface area contributed by atoms with Gasteiger partial charge in [-0.1, -0.05) is 15.9 Å². The van der Waals surface area contributed by atoms with Crippen LogP contribution in [-0.2, 0) is 6.61 Å². The molecule has 0 fully saturated rings. The van der Waals surface area contributed by atoms with E-state index >= 15 is 0 Å². The summed E-state index contributed by atoms with van der Waals surface area (Å²) < 4.78 is 24.5. The van der Waals surface area contributed by atoms with E-state index in [4.69, 9.17) is 15.2 Å². The molecule has 0 spiro atoms. The number of nitrogens with zero attached hydrogens (tertiary/aromatic N) is 2. The molecule has 0 radical (unpaired) electrons. The number of nitrogens with two attached hydrogens (primary N) is 1. The summed E-state index contributed by atoms with van der Waals surface area (Å²) in [5, 5.41) is 0. The Hall–Kier alpha value is -1.89. The molecular weight excluding hydrogens is 329 g/mol. The lowest BCUT2D eigenvalue weighted by molar-refractivity contribution is 0.277. The van der Waals surface area contributed by atoms with E-state index in [0.29, 0.717) is 0 Å². The van der Waals surface area contributed by atoms with Crippen molar-refractivity contribution in [1.82, 2.24) is 9.97 Å². The first kappa shape index (κ1) is 14.5. The number of hydrogen-bond acceptors (Lipinski definition) is 5. The summed E-state index contributed by atoms with van der Waals surface area (Å²) in [7, 11) is 1.60. The van der Waals surface area contributed by atoms with E-state index in [-0.39, 0.29) is 18.4 Å². The van der Waals surface area contributed by atoms with Crippen LogP contribution in [-0.4, -0.2) is 17.1 Å². The van der Waals surface area contributed by atoms with Crippen LogP contribution in [0.2, 0.25) is 0 Å². The molecule has 0 saturated heterocycles. The van der Waals surface area contributed by atoms with Crippen LogP contribution in [0.25, 0.3) is 0 Å². The molecule has 0 bridgehead atoms. The van der Waals surface area contributed by atoms with E-state index in [1.807, 2.05) is 19.1 Å². The Kier molecular flexibility index (Phi) is 4.39. The summed E-state index contributed by atoms with van der Waals surface area (Å²) in [6.45, 7) is 2.14. The third-order valence-corrected chi connectivity index (χ3v) is 3.55. The van der Waals surface area contributed by atoms with Crippen LogP contribution < -0.4 is 15.2 Å². The van der Waals surface area contributed by atoms with Crippen molar-refractivity contribution in [2.75, 3.05) is 12.8 Å². The van der Waals surface area contributed by atoms with E-state index in [2.05, 4.69) is 25.9 Å². The Balaban J connectivity index is 2.20. The highest BCUT2D eigenvalue weighted by Crippen LogP contribution is 2.29. The van der Waals surface area contributed by atoms with Crippen LogP contribution in [0.15, 0.2) is 22.8 Å². The average Bonchev–Trinajstić information content (AvgIpc) is 2.42. The number of rotatable bonds is 4. The Morgan fingerprint density at radius 1 is 1.40 bits per heavy atom. The molecule has 2 aromatic rings. The van der Waals surface area contributed by atoms with Crippen LogP contribution >= 0.6 is 15.9 Å². The Bertz CT molecular complexity index is 637. The number of anilines is 1. The molecule has 0 saturated carbocycles. The van der Waals surface area contributed by atoms with E-state index in [1.165, 1.54) is 0 Å². The highest BCUT2D eigenvalue weighted by molar-refractivity contribution is 9.10. The van der Waals surface area contributed by atoms with Gasteiger partial charge in [0.25, 0.3) is 0 Å². The fourth-order valence-electron chi connectivity index (χ4n) is 1.67. The smallest absolute Gasteiger partial charge is 0.318 e. The van der Waals surface area contributed by atoms with Crippen molar-refractivity contribution in [2.45, 2.75) is 13.5 Å². The Morgan fingerprint density at radius 3 is 2.80 bits per heavy atom. The third-order valence-electron chi connectivity index (χ3n) is 2.81. The van der Waals surface area contributed by atoms with Gasteiger partial charge in [0, 0.05) is 10.0 Å². The first-order valence-corrected chi connectivity index (χ1v) is 6.55. The quantitative estimate of drug-likeness (QED) is 0.925. The topological polar surface area (TPSA) is 70.3 Å². The molecule has 0 atom stereocenters. The summed E-state index contributed by atoms with van der Waals surface area (Å²) in [5.74, 6) is -0.154. The summed E-state index contributed by atoms with van der Waals surface area (Å²) in [5.41, 5.74) is 7.20. The van der Waals surface area contributed by atoms with Crippen molar-refractivity contribution < 1.29 is 13.9 Å². The molecule has 0 aliphatic carbocycles. The number of nitrogen functional groups attached to an aromatic ring is 1. The van der Waals surface area contributed by atoms with E-state index < -0.39 is 5.82 Å². The minimum Gasteiger partial charge on any atom is -0.496 e. The number of benzene rings is 1. The number of ether oxygens (including phenoxy) is 2. The van der Waals surface area contributed by atoms with Crippen molar-refractivity contribution in [3.8, 4) is 11.8 Å². The summed E-state index contributed by atoms with van der Waals surface area (Å²) >= 11 is 3.45. The van der Waals surface area contributed by atoms with Gasteiger partial charge in [-0.2, -0.15) is 4.98 Å². The first-order chi connectivity index (χ1) is 9.52. The number of methoxy groups -OCH3 is 1. The standard InChI is InChI=1S/C13H13BrFN3O2/c1-7-8(9(14)3-4-11(7)19-2)6-20-13-17-5-10(15)12(16)18-13/h3-5H,6H2,1-2H3,(H2,16,17,18). The van der Waals surface area contributed by atoms with Crippen molar-refractivity contribution in [3.05, 3.63) is 39.7 Å². The maximum Gasteiger partial charge on any atom is 0.318 e. The molecule has 0 unspecified atom stereocenters. The van der Waals surface area contributed by atoms with E-state index in [0.717, 1.165) is 27.5 Å². The maximum absolute atomic E-state index is 13.0. The monoisotopic (exact) mass is 341 g/mol. The zero-order chi connectivity index (χ0) is 14.7. The van der Waals surface area contributed by atoms with Crippen LogP contribution in [0.4, 0.5) is 10.2 Å². The number of halogens is 2. The lowest BCUT2D eigenvalue weighted by atomic mass is 10.1. The molecule has 1 heterocycles. The van der Waals surface area contributed by atoms with Gasteiger partial charge in [-0.15, -0.1) is 0 Å². The van der Waals surface area contributed by atoms with Gasteiger partial charge in [-0.25, -0.2) is 9.37 Å². The molecule has 0 amide bonds. The third kappa shape index (κ3) is 2.98. The fourth-order valence-corrected chi connectivity index (χ4v) is 2.21. The molecule has 0 aliphatic heterocycles. The molecule has 2 N–H and O–H groups in total. The van der Waals surface area contributed by atoms with Crippen LogP contribution in [0.1, 0.15) is 11.1 Å². The molecule has 5 nitrogen and oxygen atoms in total. The molecule has 0 aliphatic rings. The van der Waals surface area contributed by atoms with E-state index in [1.54, 1.807) is 7.11 Å². The van der Waals surface area contributed by atoms with Gasteiger partial charge in [0.1, 0.15) is 12.4 Å². The largest absolute Gasteiger partial charge is 0.496 e. The maximum atomic E-state index is 13.0. The van der Waals surface area contributed by atoms with Gasteiger partial charge in [-0.3, -0.25) is 0 Å². The summed E-state index contributed by atoms with van der Waals surface area (Å²) in [6.07, 6.45) is 0.977. The molecule has 106 valence electrons. The second-order valence-electron chi connectivity index (χ2n) is 4.03. The lowest BCUT2D eigenvalue weighted by Crippen LogP contribution is -2.05. The summed E-state index contributed by atoms with van der Waals surface area (Å²) in [6, 6.07) is 3.75. The minimum atomic E-state index is -0.670. The van der Waals surface area contributed by atoms with Crippen LogP contribution in [0.3, 0.4) is 0 Å². The van der Waals surface area contributed by atoms with Gasteiger partial charge in [0.15, 0.2) is 11.6 Å². The van der Waals surface area contributed by atoms with Gasteiger partial charge in [-0.05, 0) is 24.6 Å². The first-order valence-electron chi connectivity index (χ1n) is 5.75. The Labute approximate surface area is 124 Å². The molecule has 7 heteroatoms. The normalized spacial score (nSPS) is 10.4. The van der Waals surface area contributed by atoms with Gasteiger partial charge < -0.3 is 15.2 Å². The van der Waals surface area contributed by atoms with Crippen LogP contribution in [0, 0.1) is 12.7 Å². The fraction of sp³-hybridized carbons (Fsp3) is 0.231. The van der Waals surface area contributed by atoms with Gasteiger partial charge in [0.2, 0.25) is 0 Å². The zero-order valence-corrected chi connectivity index (χ0v) is 12.6. The van der Waals surface area contributed by atoms with Gasteiger partial charge >= 0.3 is 6.01 Å². The van der Waals surface area contributed by atoms with Crippen molar-refractivity contribution in [1.29, 1.82) is 0 Å². The van der Waals surface area contributed by atoms with Gasteiger partial charge in [0.05, 0.1) is 13.3 Å². The SMILES string of the molecule is COc1ccc(Br)c(COc2ncc(F)c(N)n2)c1C. The minimum absolute atomic E-state index is 0.0259. The predicted molar refractivity (Wildman–Crippen MR) is 76.2 cm³/mol. The zero-order valence-electron chi connectivity index (χ0n) is 11.0. The van der Waals surface area contributed by atoms with E-state index in [9.17, 15) is 4.39 Å². The predicted octanol–water partition coefficient (Wildman–Crippen LogP) is 2.86. The highest BCUT2D eigenvalue weighted by Gasteiger charge is 2.11. The van der Waals surface area contributed by atoms with Crippen molar-refractivity contribution in [2.24, 2.45) is 0 Å². The highest BCUT2D eigenvalue weighted by atomic mass is 79.9. The average molecular weight is 342 g/mol. The molecular formula is C13H13BrFN3O2. The number of aromatic nitrogens is 2. The number of hydrogen-bond donors (Lipinski definition) is 1. The molecule has 2 rings (SSSR count). The molecule has 1 aromatic carbocycles. The van der Waals surface area contributed by atoms with Crippen molar-refractivity contribution in [3.63, 3.8) is 0 Å². The molecule has 1 aromatic heterocycles. The summed E-state index contributed by atoms with van der Waals surface area (Å²) in [4.78, 5) is 7.43. The second-order valence-corrected chi connectivity index (χ2v) is 4.88. The molecule has 20 heavy (non-hydrogen) atoms. The van der Waals surface area contributed by atoms with Crippen LogP contribution in [0.5, 0.6) is 11.8 Å². The second kappa shape index (κ2) is 6.04.